The van der Waals surface area contributed by atoms with Crippen LogP contribution in [0.3, 0.4) is 0 Å². The number of aliphatic hydroxyl groups is 2. The molecular formula is C28H26N8O12S2. The van der Waals surface area contributed by atoms with Crippen LogP contribution in [-0.4, -0.2) is 76.3 Å². The first-order valence-electron chi connectivity index (χ1n) is 13.8. The molecule has 50 heavy (non-hydrogen) atoms. The maximum Gasteiger partial charge on any atom is 0.323 e. The van der Waals surface area contributed by atoms with E-state index in [0.717, 1.165) is 18.5 Å². The lowest BCUT2D eigenvalue weighted by atomic mass is 10.1. The van der Waals surface area contributed by atoms with E-state index in [1.807, 2.05) is 0 Å². The van der Waals surface area contributed by atoms with E-state index in [9.17, 15) is 33.1 Å². The fraction of sp³-hybridized carbons (Fsp3) is 0.143. The van der Waals surface area contributed by atoms with E-state index in [1.165, 1.54) is 25.3 Å². The molecule has 262 valence electrons. The van der Waals surface area contributed by atoms with E-state index in [0.29, 0.717) is 28.8 Å². The van der Waals surface area contributed by atoms with Crippen molar-refractivity contribution >= 4 is 84.5 Å². The summed E-state index contributed by atoms with van der Waals surface area (Å²) in [5.41, 5.74) is 6.42. The third kappa shape index (κ3) is 8.21. The zero-order valence-electron chi connectivity index (χ0n) is 25.4. The fourth-order valence-corrected chi connectivity index (χ4v) is 5.52. The van der Waals surface area contributed by atoms with Crippen molar-refractivity contribution in [2.75, 3.05) is 26.1 Å². The molecule has 5 aromatic rings. The molecule has 1 aromatic heterocycles. The van der Waals surface area contributed by atoms with Crippen LogP contribution < -0.4 is 16.2 Å². The van der Waals surface area contributed by atoms with Crippen molar-refractivity contribution in [1.29, 1.82) is 0 Å². The number of hydrogen-bond acceptors (Lipinski definition) is 18. The van der Waals surface area contributed by atoms with Crippen molar-refractivity contribution < 1.29 is 52.4 Å². The molecule has 0 aliphatic rings. The van der Waals surface area contributed by atoms with Crippen LogP contribution in [0.25, 0.3) is 21.8 Å². The number of imidazole rings is 1. The largest absolute Gasteiger partial charge is 0.505 e. The zero-order chi connectivity index (χ0) is 36.0. The first-order chi connectivity index (χ1) is 23.9. The summed E-state index contributed by atoms with van der Waals surface area (Å²) in [6.45, 7) is -1.02. The highest BCUT2D eigenvalue weighted by Gasteiger charge is 2.21. The average molecular weight is 731 g/mol. The molecule has 5 rings (SSSR count). The van der Waals surface area contributed by atoms with Gasteiger partial charge in [-0.25, -0.2) is 15.0 Å². The van der Waals surface area contributed by atoms with Gasteiger partial charge in [-0.2, -0.15) is 13.5 Å². The maximum absolute atomic E-state index is 11.8. The Hall–Kier alpha value is -5.46. The van der Waals surface area contributed by atoms with Crippen LogP contribution in [0.2, 0.25) is 0 Å². The minimum Gasteiger partial charge on any atom is -0.505 e. The smallest absolute Gasteiger partial charge is 0.323 e. The highest BCUT2D eigenvalue weighted by atomic mass is 32.2. The second-order valence-electron chi connectivity index (χ2n) is 10.0. The molecule has 1 unspecified atom stereocenters. The number of azo groups is 2. The topological polar surface area (TPSA) is 309 Å². The number of nitrogens with one attached hydrogen (secondary N) is 2. The molecule has 0 radical (unpaired) electrons. The molecule has 0 spiro atoms. The Balaban J connectivity index is 1.63. The highest BCUT2D eigenvalue weighted by Crippen LogP contribution is 2.47. The van der Waals surface area contributed by atoms with E-state index < -0.39 is 45.8 Å². The number of benzene rings is 4. The standard InChI is InChI=1S/C28H26N8O12S2/c1-45-12-30-19-8-22(23(46-11-15(38)10-37)9-21(19)34-33-14-2-3-18-20(6-14)32-28(40)31-18)35-36-26-24(49-48-47-41)4-13-5-25(50(42,43)44)17(29)7-16(13)27(26)39/h2-9,12,15,37-39,41H,10-11,29H2,1H3,(H2,31,32,40)(H,42,43,44). The lowest BCUT2D eigenvalue weighted by Crippen LogP contribution is -2.21. The van der Waals surface area contributed by atoms with Gasteiger partial charge in [-0.05, 0) is 47.9 Å². The molecule has 0 bridgehead atoms. The molecule has 4 aromatic carbocycles. The first kappa shape index (κ1) is 35.8. The molecular weight excluding hydrogens is 704 g/mol. The molecule has 0 aliphatic heterocycles. The van der Waals surface area contributed by atoms with Gasteiger partial charge in [-0.1, -0.05) is 5.04 Å². The number of phenols is 1. The van der Waals surface area contributed by atoms with Gasteiger partial charge in [-0.15, -0.1) is 19.7 Å². The maximum atomic E-state index is 11.8. The number of nitrogen functional groups attached to an aromatic ring is 1. The number of phenolic OH excluding ortho intramolecular Hbond substituents is 1. The number of hydrogen-bond donors (Lipinski definition) is 8. The second-order valence-corrected chi connectivity index (χ2v) is 12.2. The van der Waals surface area contributed by atoms with Crippen molar-refractivity contribution in [2.24, 2.45) is 25.4 Å². The van der Waals surface area contributed by atoms with Gasteiger partial charge < -0.3 is 40.5 Å². The van der Waals surface area contributed by atoms with Gasteiger partial charge in [-0.3, -0.25) is 4.55 Å². The van der Waals surface area contributed by atoms with Crippen LogP contribution in [0.5, 0.6) is 11.5 Å². The number of ether oxygens (including phenoxy) is 2. The number of rotatable bonds is 14. The Bertz CT molecular complexity index is 2310. The van der Waals surface area contributed by atoms with Crippen LogP contribution in [0, 0.1) is 0 Å². The van der Waals surface area contributed by atoms with Crippen molar-refractivity contribution in [3.63, 3.8) is 0 Å². The van der Waals surface area contributed by atoms with Crippen molar-refractivity contribution in [3.8, 4) is 11.5 Å². The summed E-state index contributed by atoms with van der Waals surface area (Å²) in [7, 11) is -3.37. The van der Waals surface area contributed by atoms with Crippen LogP contribution in [0.4, 0.5) is 34.1 Å². The van der Waals surface area contributed by atoms with Gasteiger partial charge in [0, 0.05) is 11.5 Å². The summed E-state index contributed by atoms with van der Waals surface area (Å²) in [4.78, 5) is 20.4. The minimum atomic E-state index is -4.73. The number of aromatic amines is 2. The number of aliphatic imine (C=N–C) groups is 1. The van der Waals surface area contributed by atoms with E-state index in [2.05, 4.69) is 44.8 Å². The molecule has 22 heteroatoms. The van der Waals surface area contributed by atoms with Crippen LogP contribution in [0.1, 0.15) is 0 Å². The van der Waals surface area contributed by atoms with Gasteiger partial charge >= 0.3 is 5.69 Å². The van der Waals surface area contributed by atoms with Gasteiger partial charge in [0.05, 0.1) is 58.8 Å². The summed E-state index contributed by atoms with van der Waals surface area (Å²) in [5, 5.41) is 59.8. The predicted molar refractivity (Wildman–Crippen MR) is 178 cm³/mol. The lowest BCUT2D eigenvalue weighted by molar-refractivity contribution is -0.432. The van der Waals surface area contributed by atoms with Crippen molar-refractivity contribution in [3.05, 3.63) is 59.0 Å². The summed E-state index contributed by atoms with van der Waals surface area (Å²) in [6, 6.07) is 10.9. The SMILES string of the molecule is COC=Nc1cc(N=Nc2c(SOOO)cc3cc(S(=O)(=O)O)c(N)cc3c2O)c(OCC(O)CO)cc1N=Nc1ccc2[nH]c(=O)[nH]c2c1. The fourth-order valence-electron chi connectivity index (χ4n) is 4.40. The summed E-state index contributed by atoms with van der Waals surface area (Å²) in [5.74, 6) is -0.603. The second kappa shape index (κ2) is 15.4. The molecule has 0 amide bonds. The van der Waals surface area contributed by atoms with Crippen LogP contribution >= 0.6 is 12.0 Å². The van der Waals surface area contributed by atoms with Crippen LogP contribution in [0.15, 0.2) is 88.6 Å². The Labute approximate surface area is 284 Å². The molecule has 20 nitrogen and oxygen atoms in total. The van der Waals surface area contributed by atoms with Crippen molar-refractivity contribution in [1.82, 2.24) is 9.97 Å². The Morgan fingerprint density at radius 2 is 1.76 bits per heavy atom. The summed E-state index contributed by atoms with van der Waals surface area (Å²) >= 11 is 0.363. The number of fused-ring (bicyclic) bond motifs is 2. The van der Waals surface area contributed by atoms with Gasteiger partial charge in [0.15, 0.2) is 12.2 Å². The molecule has 0 aliphatic carbocycles. The number of aromatic hydroxyl groups is 1. The summed E-state index contributed by atoms with van der Waals surface area (Å²) < 4.78 is 48.4. The Morgan fingerprint density at radius 1 is 1.00 bits per heavy atom. The van der Waals surface area contributed by atoms with E-state index in [1.54, 1.807) is 18.2 Å². The van der Waals surface area contributed by atoms with Gasteiger partial charge in [0.2, 0.25) is 0 Å². The first-order valence-corrected chi connectivity index (χ1v) is 16.0. The lowest BCUT2D eigenvalue weighted by Gasteiger charge is -2.14. The minimum absolute atomic E-state index is 0.00343. The van der Waals surface area contributed by atoms with E-state index in [4.69, 9.17) is 20.5 Å². The number of anilines is 1. The Kier molecular flexibility index (Phi) is 11.0. The summed E-state index contributed by atoms with van der Waals surface area (Å²) in [6.07, 6.45) is -0.184. The number of nitrogens with two attached hydrogens (primary N) is 1. The zero-order valence-corrected chi connectivity index (χ0v) is 27.0. The third-order valence-electron chi connectivity index (χ3n) is 6.64. The number of methoxy groups -OCH3 is 1. The molecule has 0 saturated carbocycles. The van der Waals surface area contributed by atoms with Gasteiger partial charge in [0.25, 0.3) is 10.1 Å². The van der Waals surface area contributed by atoms with E-state index in [-0.39, 0.29) is 49.9 Å². The number of aliphatic hydroxyl groups excluding tert-OH is 2. The monoisotopic (exact) mass is 730 g/mol. The van der Waals surface area contributed by atoms with E-state index >= 15 is 0 Å². The predicted octanol–water partition coefficient (Wildman–Crippen LogP) is 4.84. The number of nitrogens with zero attached hydrogens (tertiary/aromatic N) is 5. The average Bonchev–Trinajstić information content (AvgIpc) is 3.46. The molecule has 1 heterocycles. The molecule has 1 atom stereocenters. The van der Waals surface area contributed by atoms with Crippen molar-refractivity contribution in [2.45, 2.75) is 15.9 Å². The number of aromatic nitrogens is 2. The van der Waals surface area contributed by atoms with Crippen LogP contribution in [-0.2, 0) is 24.2 Å². The highest BCUT2D eigenvalue weighted by molar-refractivity contribution is 7.94. The quantitative estimate of drug-likeness (QED) is 0.0111. The molecule has 0 saturated heterocycles. The Morgan fingerprint density at radius 3 is 2.48 bits per heavy atom. The third-order valence-corrected chi connectivity index (χ3v) is 8.17. The normalized spacial score (nSPS) is 13.0. The molecule has 9 N–H and O–H groups in total. The van der Waals surface area contributed by atoms with Gasteiger partial charge in [0.1, 0.15) is 40.4 Å². The molecule has 0 fully saturated rings. The number of H-pyrrole nitrogens is 2.